The van der Waals surface area contributed by atoms with Gasteiger partial charge in [-0.2, -0.15) is 5.01 Å². The van der Waals surface area contributed by atoms with Crippen LogP contribution in [0.15, 0.2) is 54.6 Å². The minimum absolute atomic E-state index is 0.0173. The molecule has 2 aromatic rings. The molecule has 0 spiro atoms. The summed E-state index contributed by atoms with van der Waals surface area (Å²) in [5.74, 6) is -4.03. The minimum atomic E-state index is -0.840. The lowest BCUT2D eigenvalue weighted by Gasteiger charge is -2.31. The number of nitro benzene ring substituents is 1. The van der Waals surface area contributed by atoms with Crippen molar-refractivity contribution in [1.29, 1.82) is 0 Å². The van der Waals surface area contributed by atoms with Gasteiger partial charge in [0.1, 0.15) is 6.54 Å². The average Bonchev–Trinajstić information content (AvgIpc) is 3.51. The second kappa shape index (κ2) is 8.58. The van der Waals surface area contributed by atoms with E-state index in [4.69, 9.17) is 23.2 Å². The number of non-ortho nitro benzene ring substituents is 1. The Morgan fingerprint density at radius 1 is 1.03 bits per heavy atom. The Morgan fingerprint density at radius 2 is 1.69 bits per heavy atom. The summed E-state index contributed by atoms with van der Waals surface area (Å²) in [6.07, 6.45) is 4.53. The second-order valence-corrected chi connectivity index (χ2v) is 9.55. The first-order chi connectivity index (χ1) is 16.7. The number of Topliss-reactive ketones (excluding diaryl/α,β-unsaturated/α-hetero) is 1. The Labute approximate surface area is 209 Å². The number of hydrogen-bond donors (Lipinski definition) is 0. The van der Waals surface area contributed by atoms with Gasteiger partial charge in [0.05, 0.1) is 27.3 Å². The molecule has 1 aliphatic heterocycles. The molecular formula is C24H17Cl2N3O6. The summed E-state index contributed by atoms with van der Waals surface area (Å²) in [4.78, 5) is 64.0. The highest BCUT2D eigenvalue weighted by atomic mass is 35.5. The van der Waals surface area contributed by atoms with Crippen molar-refractivity contribution in [2.75, 3.05) is 6.54 Å². The molecule has 9 nitrogen and oxygen atoms in total. The van der Waals surface area contributed by atoms with Crippen LogP contribution in [0.2, 0.25) is 10.0 Å². The normalized spacial score (nSPS) is 24.1. The molecule has 1 heterocycles. The topological polar surface area (TPSA) is 118 Å². The van der Waals surface area contributed by atoms with Crippen LogP contribution in [0.1, 0.15) is 27.1 Å². The highest BCUT2D eigenvalue weighted by molar-refractivity contribution is 6.36. The van der Waals surface area contributed by atoms with E-state index < -0.39 is 46.8 Å². The van der Waals surface area contributed by atoms with E-state index in [1.165, 1.54) is 36.4 Å². The molecule has 2 fully saturated rings. The van der Waals surface area contributed by atoms with Crippen molar-refractivity contribution in [3.63, 3.8) is 0 Å². The van der Waals surface area contributed by atoms with Crippen molar-refractivity contribution < 1.29 is 24.1 Å². The summed E-state index contributed by atoms with van der Waals surface area (Å²) in [7, 11) is 0. The molecule has 2 bridgehead atoms. The Hall–Kier alpha value is -3.56. The number of halogens is 2. The highest BCUT2D eigenvalue weighted by Gasteiger charge is 2.61. The van der Waals surface area contributed by atoms with Crippen LogP contribution < -0.4 is 0 Å². The summed E-state index contributed by atoms with van der Waals surface area (Å²) in [5.41, 5.74) is -0.401. The van der Waals surface area contributed by atoms with Crippen LogP contribution in [0.4, 0.5) is 5.69 Å². The first-order valence-corrected chi connectivity index (χ1v) is 11.5. The molecule has 0 aromatic heterocycles. The summed E-state index contributed by atoms with van der Waals surface area (Å²) in [6, 6.07) is 9.11. The quantitative estimate of drug-likeness (QED) is 0.189. The Bertz CT molecular complexity index is 1310. The molecule has 0 radical (unpaired) electrons. The highest BCUT2D eigenvalue weighted by Crippen LogP contribution is 2.52. The van der Waals surface area contributed by atoms with Gasteiger partial charge in [-0.1, -0.05) is 47.5 Å². The Morgan fingerprint density at radius 3 is 2.29 bits per heavy atom. The van der Waals surface area contributed by atoms with Crippen molar-refractivity contribution in [2.24, 2.45) is 23.7 Å². The van der Waals surface area contributed by atoms with Crippen molar-refractivity contribution in [1.82, 2.24) is 10.0 Å². The number of hydrazine groups is 1. The van der Waals surface area contributed by atoms with E-state index in [2.05, 4.69) is 0 Å². The van der Waals surface area contributed by atoms with Crippen LogP contribution in [-0.4, -0.2) is 45.0 Å². The molecule has 1 saturated carbocycles. The van der Waals surface area contributed by atoms with Gasteiger partial charge in [-0.3, -0.25) is 29.3 Å². The fourth-order valence-corrected chi connectivity index (χ4v) is 5.67. The van der Waals surface area contributed by atoms with E-state index >= 15 is 0 Å². The summed E-state index contributed by atoms with van der Waals surface area (Å²) in [5, 5.41) is 12.9. The van der Waals surface area contributed by atoms with Crippen LogP contribution >= 0.6 is 23.2 Å². The lowest BCUT2D eigenvalue weighted by molar-refractivity contribution is -0.384. The molecule has 2 aromatic carbocycles. The molecule has 5 rings (SSSR count). The number of nitrogens with zero attached hydrogens (tertiary/aromatic N) is 3. The van der Waals surface area contributed by atoms with Crippen LogP contribution in [0.5, 0.6) is 0 Å². The summed E-state index contributed by atoms with van der Waals surface area (Å²) >= 11 is 12.2. The van der Waals surface area contributed by atoms with Gasteiger partial charge in [-0.15, -0.1) is 0 Å². The van der Waals surface area contributed by atoms with Gasteiger partial charge in [0, 0.05) is 22.7 Å². The van der Waals surface area contributed by atoms with Gasteiger partial charge in [-0.25, -0.2) is 5.01 Å². The lowest BCUT2D eigenvalue weighted by Crippen LogP contribution is -2.52. The van der Waals surface area contributed by atoms with E-state index in [0.717, 1.165) is 16.1 Å². The number of hydrogen-bond acceptors (Lipinski definition) is 6. The number of ketones is 1. The number of benzene rings is 2. The zero-order valence-corrected chi connectivity index (χ0v) is 19.5. The standard InChI is InChI=1S/C24H17Cl2N3O6/c25-15-6-7-17(18(26)10-15)22(31)27(11-19(30)12-2-1-3-16(9-12)29(34)35)28-23(32)20-13-4-5-14(8-13)21(20)24(28)33/h1-7,9-10,13-14,20-21H,8,11H2/t13-,14-,20-,21-/m0/s1. The zero-order valence-electron chi connectivity index (χ0n) is 18.0. The van der Waals surface area contributed by atoms with Gasteiger partial charge in [0.2, 0.25) is 0 Å². The summed E-state index contributed by atoms with van der Waals surface area (Å²) < 4.78 is 0. The van der Waals surface area contributed by atoms with Gasteiger partial charge in [0.15, 0.2) is 5.78 Å². The number of carbonyl (C=O) groups is 4. The maximum Gasteiger partial charge on any atom is 0.274 e. The molecule has 4 atom stereocenters. The third-order valence-corrected chi connectivity index (χ3v) is 7.30. The summed E-state index contributed by atoms with van der Waals surface area (Å²) in [6.45, 7) is -0.696. The second-order valence-electron chi connectivity index (χ2n) is 8.71. The predicted molar refractivity (Wildman–Crippen MR) is 124 cm³/mol. The number of rotatable bonds is 6. The molecule has 3 aliphatic rings. The number of fused-ring (bicyclic) bond motifs is 5. The smallest absolute Gasteiger partial charge is 0.274 e. The fraction of sp³-hybridized carbons (Fsp3) is 0.250. The van der Waals surface area contributed by atoms with Crippen LogP contribution in [0, 0.1) is 33.8 Å². The largest absolute Gasteiger partial charge is 0.292 e. The van der Waals surface area contributed by atoms with Gasteiger partial charge < -0.3 is 0 Å². The molecule has 1 saturated heterocycles. The number of carbonyl (C=O) groups excluding carboxylic acids is 4. The zero-order chi connectivity index (χ0) is 25.0. The van der Waals surface area contributed by atoms with Crippen molar-refractivity contribution >= 4 is 52.4 Å². The van der Waals surface area contributed by atoms with Crippen LogP contribution in [-0.2, 0) is 9.59 Å². The molecule has 178 valence electrons. The van der Waals surface area contributed by atoms with Crippen molar-refractivity contribution in [2.45, 2.75) is 6.42 Å². The van der Waals surface area contributed by atoms with E-state index in [9.17, 15) is 29.3 Å². The first kappa shape index (κ1) is 23.2. The van der Waals surface area contributed by atoms with Crippen LogP contribution in [0.25, 0.3) is 0 Å². The monoisotopic (exact) mass is 513 g/mol. The third-order valence-electron chi connectivity index (χ3n) is 6.76. The number of imide groups is 1. The van der Waals surface area contributed by atoms with E-state index in [1.807, 2.05) is 12.2 Å². The number of amides is 3. The molecular weight excluding hydrogens is 497 g/mol. The minimum Gasteiger partial charge on any atom is -0.292 e. The van der Waals surface area contributed by atoms with Crippen LogP contribution in [0.3, 0.4) is 0 Å². The Kier molecular flexibility index (Phi) is 5.69. The molecule has 35 heavy (non-hydrogen) atoms. The molecule has 0 N–H and O–H groups in total. The van der Waals surface area contributed by atoms with Crippen molar-refractivity contribution in [3.8, 4) is 0 Å². The van der Waals surface area contributed by atoms with Gasteiger partial charge in [-0.05, 0) is 36.5 Å². The maximum atomic E-state index is 13.6. The number of nitro groups is 1. The SMILES string of the molecule is O=C(CN(C(=O)c1ccc(Cl)cc1Cl)N1C(=O)[C@@H]2[C@@H](C1=O)[C@H]1C=C[C@H]2C1)c1cccc([N+](=O)[O-])c1. The van der Waals surface area contributed by atoms with E-state index in [0.29, 0.717) is 6.42 Å². The molecule has 11 heteroatoms. The van der Waals surface area contributed by atoms with Gasteiger partial charge >= 0.3 is 0 Å². The Balaban J connectivity index is 1.52. The predicted octanol–water partition coefficient (Wildman–Crippen LogP) is 3.95. The average molecular weight is 514 g/mol. The first-order valence-electron chi connectivity index (χ1n) is 10.8. The van der Waals surface area contributed by atoms with E-state index in [-0.39, 0.29) is 38.7 Å². The molecule has 3 amide bonds. The number of allylic oxidation sites excluding steroid dienone is 2. The lowest BCUT2D eigenvalue weighted by atomic mass is 9.85. The van der Waals surface area contributed by atoms with E-state index in [1.54, 1.807) is 0 Å². The fourth-order valence-electron chi connectivity index (χ4n) is 5.18. The maximum absolute atomic E-state index is 13.6. The molecule has 0 unspecified atom stereocenters. The van der Waals surface area contributed by atoms with Gasteiger partial charge in [0.25, 0.3) is 23.4 Å². The third kappa shape index (κ3) is 3.81. The van der Waals surface area contributed by atoms with Crippen molar-refractivity contribution in [3.05, 3.63) is 85.9 Å². The molecule has 2 aliphatic carbocycles.